The van der Waals surface area contributed by atoms with Crippen molar-refractivity contribution in [1.29, 1.82) is 0 Å². The number of aromatic carboxylic acids is 1. The fraction of sp³-hybridized carbons (Fsp3) is 0.154. The number of nitrogens with zero attached hydrogens (tertiary/aromatic N) is 1. The zero-order valence-corrected chi connectivity index (χ0v) is 11.3. The van der Waals surface area contributed by atoms with Crippen LogP contribution in [0.4, 0.5) is 26.3 Å². The molecular formula is C13H6F6N2O3. The largest absolute Gasteiger partial charge is 0.477 e. The topological polar surface area (TPSA) is 83.0 Å². The van der Waals surface area contributed by atoms with E-state index in [0.29, 0.717) is 18.3 Å². The Morgan fingerprint density at radius 1 is 1.00 bits per heavy atom. The normalized spacial score (nSPS) is 12.2. The number of aromatic amines is 1. The second kappa shape index (κ2) is 5.65. The first kappa shape index (κ1) is 17.5. The molecule has 2 N–H and O–H groups in total. The zero-order valence-electron chi connectivity index (χ0n) is 11.3. The molecule has 2 rings (SSSR count). The Labute approximate surface area is 128 Å². The molecule has 0 aliphatic rings. The minimum Gasteiger partial charge on any atom is -0.477 e. The number of benzene rings is 1. The van der Waals surface area contributed by atoms with E-state index in [4.69, 9.17) is 5.11 Å². The van der Waals surface area contributed by atoms with Crippen LogP contribution in [0.2, 0.25) is 0 Å². The van der Waals surface area contributed by atoms with E-state index < -0.39 is 52.0 Å². The van der Waals surface area contributed by atoms with Crippen LogP contribution in [0.1, 0.15) is 21.5 Å². The van der Waals surface area contributed by atoms with Crippen LogP contribution in [-0.2, 0) is 12.4 Å². The summed E-state index contributed by atoms with van der Waals surface area (Å²) < 4.78 is 76.6. The van der Waals surface area contributed by atoms with E-state index >= 15 is 0 Å². The van der Waals surface area contributed by atoms with Gasteiger partial charge in [0, 0.05) is 11.8 Å². The number of H-pyrrole nitrogens is 1. The number of carbonyl (C=O) groups is 1. The number of rotatable bonds is 2. The van der Waals surface area contributed by atoms with Crippen molar-refractivity contribution in [2.75, 3.05) is 0 Å². The van der Waals surface area contributed by atoms with Gasteiger partial charge in [0.05, 0.1) is 11.1 Å². The average Bonchev–Trinajstić information content (AvgIpc) is 2.44. The molecule has 0 bridgehead atoms. The van der Waals surface area contributed by atoms with Crippen LogP contribution in [-0.4, -0.2) is 21.0 Å². The SMILES string of the molecule is O=C(O)c1cnc(-c2cc(C(F)(F)F)cc(C(F)(F)F)c2)[nH]c1=O. The van der Waals surface area contributed by atoms with Crippen molar-refractivity contribution in [2.24, 2.45) is 0 Å². The number of carboxylic acids is 1. The molecule has 1 heterocycles. The lowest BCUT2D eigenvalue weighted by Crippen LogP contribution is -2.19. The van der Waals surface area contributed by atoms with Gasteiger partial charge in [-0.1, -0.05) is 0 Å². The van der Waals surface area contributed by atoms with Gasteiger partial charge in [0.25, 0.3) is 5.56 Å². The van der Waals surface area contributed by atoms with Gasteiger partial charge in [-0.05, 0) is 18.2 Å². The molecule has 0 aliphatic heterocycles. The van der Waals surface area contributed by atoms with Gasteiger partial charge in [-0.15, -0.1) is 0 Å². The van der Waals surface area contributed by atoms with Gasteiger partial charge in [-0.2, -0.15) is 26.3 Å². The molecule has 1 aromatic carbocycles. The maximum Gasteiger partial charge on any atom is 0.416 e. The Morgan fingerprint density at radius 2 is 1.50 bits per heavy atom. The van der Waals surface area contributed by atoms with Gasteiger partial charge < -0.3 is 10.1 Å². The number of hydrogen-bond donors (Lipinski definition) is 2. The van der Waals surface area contributed by atoms with E-state index in [1.165, 1.54) is 0 Å². The van der Waals surface area contributed by atoms with Crippen LogP contribution < -0.4 is 5.56 Å². The summed E-state index contributed by atoms with van der Waals surface area (Å²) >= 11 is 0. The second-order valence-electron chi connectivity index (χ2n) is 4.57. The zero-order chi connectivity index (χ0) is 18.3. The second-order valence-corrected chi connectivity index (χ2v) is 4.57. The van der Waals surface area contributed by atoms with Crippen LogP contribution in [0.3, 0.4) is 0 Å². The highest BCUT2D eigenvalue weighted by molar-refractivity contribution is 5.86. The summed E-state index contributed by atoms with van der Waals surface area (Å²) in [5, 5.41) is 8.67. The average molecular weight is 352 g/mol. The number of nitrogens with one attached hydrogen (secondary N) is 1. The summed E-state index contributed by atoms with van der Waals surface area (Å²) in [5.41, 5.74) is -5.85. The van der Waals surface area contributed by atoms with Gasteiger partial charge in [0.1, 0.15) is 11.4 Å². The minimum absolute atomic E-state index is 0.0762. The lowest BCUT2D eigenvalue weighted by molar-refractivity contribution is -0.143. The fourth-order valence-corrected chi connectivity index (χ4v) is 1.79. The molecule has 0 aliphatic carbocycles. The standard InChI is InChI=1S/C13H6F6N2O3/c14-12(15,16)6-1-5(2-7(3-6)13(17,18)19)9-20-4-8(11(23)24)10(22)21-9/h1-4H,(H,23,24)(H,20,21,22). The maximum absolute atomic E-state index is 12.8. The molecule has 0 atom stereocenters. The van der Waals surface area contributed by atoms with Crippen molar-refractivity contribution in [2.45, 2.75) is 12.4 Å². The highest BCUT2D eigenvalue weighted by atomic mass is 19.4. The maximum atomic E-state index is 12.8. The van der Waals surface area contributed by atoms with Crippen LogP contribution >= 0.6 is 0 Å². The Hall–Kier alpha value is -2.85. The highest BCUT2D eigenvalue weighted by Crippen LogP contribution is 2.37. The van der Waals surface area contributed by atoms with Gasteiger partial charge in [0.2, 0.25) is 0 Å². The van der Waals surface area contributed by atoms with Crippen molar-refractivity contribution >= 4 is 5.97 Å². The van der Waals surface area contributed by atoms with Crippen LogP contribution in [0.25, 0.3) is 11.4 Å². The predicted molar refractivity (Wildman–Crippen MR) is 67.3 cm³/mol. The minimum atomic E-state index is -5.06. The first-order valence-corrected chi connectivity index (χ1v) is 6.02. The molecule has 0 spiro atoms. The summed E-state index contributed by atoms with van der Waals surface area (Å²) in [6.07, 6.45) is -9.57. The van der Waals surface area contributed by atoms with E-state index in [0.717, 1.165) is 0 Å². The monoisotopic (exact) mass is 352 g/mol. The van der Waals surface area contributed by atoms with Crippen LogP contribution in [0, 0.1) is 0 Å². The van der Waals surface area contributed by atoms with E-state index in [1.807, 2.05) is 4.98 Å². The first-order valence-electron chi connectivity index (χ1n) is 6.02. The van der Waals surface area contributed by atoms with E-state index in [9.17, 15) is 35.9 Å². The molecule has 0 saturated carbocycles. The number of hydrogen-bond acceptors (Lipinski definition) is 3. The third-order valence-electron chi connectivity index (χ3n) is 2.89. The van der Waals surface area contributed by atoms with Crippen LogP contribution in [0.5, 0.6) is 0 Å². The molecule has 24 heavy (non-hydrogen) atoms. The summed E-state index contributed by atoms with van der Waals surface area (Å²) in [5.74, 6) is -2.27. The molecule has 0 saturated heterocycles. The quantitative estimate of drug-likeness (QED) is 0.814. The van der Waals surface area contributed by atoms with Gasteiger partial charge in [0.15, 0.2) is 0 Å². The van der Waals surface area contributed by atoms with Gasteiger partial charge >= 0.3 is 18.3 Å². The first-order chi connectivity index (χ1) is 10.9. The van der Waals surface area contributed by atoms with Crippen molar-refractivity contribution in [1.82, 2.24) is 9.97 Å². The molecule has 1 aromatic heterocycles. The molecule has 2 aromatic rings. The Kier molecular flexibility index (Phi) is 4.12. The van der Waals surface area contributed by atoms with Crippen molar-refractivity contribution in [3.05, 3.63) is 51.4 Å². The van der Waals surface area contributed by atoms with Crippen molar-refractivity contribution < 1.29 is 36.2 Å². The summed E-state index contributed by atoms with van der Waals surface area (Å²) in [6, 6.07) is 0.662. The predicted octanol–water partition coefficient (Wildman–Crippen LogP) is 3.17. The summed E-state index contributed by atoms with van der Waals surface area (Å²) in [4.78, 5) is 27.4. The van der Waals surface area contributed by atoms with Crippen molar-refractivity contribution in [3.63, 3.8) is 0 Å². The molecule has 11 heteroatoms. The molecule has 0 fully saturated rings. The lowest BCUT2D eigenvalue weighted by atomic mass is 10.0. The lowest BCUT2D eigenvalue weighted by Gasteiger charge is -2.13. The number of halogens is 6. The smallest absolute Gasteiger partial charge is 0.416 e. The summed E-state index contributed by atoms with van der Waals surface area (Å²) in [6.45, 7) is 0. The molecule has 0 radical (unpaired) electrons. The molecular weight excluding hydrogens is 346 g/mol. The molecule has 128 valence electrons. The van der Waals surface area contributed by atoms with E-state index in [-0.39, 0.29) is 6.07 Å². The van der Waals surface area contributed by atoms with Gasteiger partial charge in [-0.3, -0.25) is 4.79 Å². The Bertz CT molecular complexity index is 822. The Balaban J connectivity index is 2.68. The number of aromatic nitrogens is 2. The van der Waals surface area contributed by atoms with E-state index in [1.54, 1.807) is 0 Å². The molecule has 0 unspecified atom stereocenters. The highest BCUT2D eigenvalue weighted by Gasteiger charge is 2.37. The van der Waals surface area contributed by atoms with Gasteiger partial charge in [-0.25, -0.2) is 9.78 Å². The summed E-state index contributed by atoms with van der Waals surface area (Å²) in [7, 11) is 0. The molecule has 5 nitrogen and oxygen atoms in total. The van der Waals surface area contributed by atoms with Crippen LogP contribution in [0.15, 0.2) is 29.2 Å². The third-order valence-corrected chi connectivity index (χ3v) is 2.89. The third kappa shape index (κ3) is 3.55. The number of carboxylic acid groups (broad SMARTS) is 1. The number of alkyl halides is 6. The van der Waals surface area contributed by atoms with Crippen molar-refractivity contribution in [3.8, 4) is 11.4 Å². The molecule has 0 amide bonds. The fourth-order valence-electron chi connectivity index (χ4n) is 1.79. The van der Waals surface area contributed by atoms with E-state index in [2.05, 4.69) is 4.98 Å². The Morgan fingerprint density at radius 3 is 1.88 bits per heavy atom.